The molecule has 0 spiro atoms. The van der Waals surface area contributed by atoms with Crippen LogP contribution >= 0.6 is 0 Å². The lowest BCUT2D eigenvalue weighted by Gasteiger charge is -2.38. The van der Waals surface area contributed by atoms with Crippen molar-refractivity contribution in [1.29, 1.82) is 0 Å². The van der Waals surface area contributed by atoms with Crippen LogP contribution in [0.4, 0.5) is 4.79 Å². The molecule has 1 heterocycles. The zero-order valence-corrected chi connectivity index (χ0v) is 22.9. The number of carbonyl (C=O) groups excluding carboxylic acids is 2. The number of hydrogen-bond acceptors (Lipinski definition) is 5. The summed E-state index contributed by atoms with van der Waals surface area (Å²) in [5.74, 6) is -1.41. The number of aliphatic carboxylic acids is 1. The second-order valence-electron chi connectivity index (χ2n) is 12.6. The van der Waals surface area contributed by atoms with Gasteiger partial charge in [0.2, 0.25) is 15.9 Å². The molecule has 11 heteroatoms. The van der Waals surface area contributed by atoms with E-state index in [0.29, 0.717) is 6.54 Å². The molecule has 0 aromatic heterocycles. The lowest BCUT2D eigenvalue weighted by molar-refractivity contribution is -0.152. The number of likely N-dealkylation sites (N-methyl/N-ethyl adjacent to an activating group) is 1. The van der Waals surface area contributed by atoms with E-state index < -0.39 is 56.9 Å². The molecule has 0 unspecified atom stereocenters. The van der Waals surface area contributed by atoms with Crippen molar-refractivity contribution in [3.63, 3.8) is 0 Å². The van der Waals surface area contributed by atoms with Crippen LogP contribution in [-0.2, 0) is 19.6 Å². The predicted molar refractivity (Wildman–Crippen MR) is 130 cm³/mol. The highest BCUT2D eigenvalue weighted by atomic mass is 32.2. The van der Waals surface area contributed by atoms with E-state index in [-0.39, 0.29) is 23.8 Å². The second-order valence-corrected chi connectivity index (χ2v) is 14.7. The lowest BCUT2D eigenvalue weighted by atomic mass is 9.85. The third kappa shape index (κ3) is 5.84. The first-order valence-corrected chi connectivity index (χ1v) is 13.5. The quantitative estimate of drug-likeness (QED) is 0.483. The number of carboxylic acids is 1. The summed E-state index contributed by atoms with van der Waals surface area (Å²) in [6.45, 7) is 15.5. The van der Waals surface area contributed by atoms with Crippen LogP contribution in [0.1, 0.15) is 55.4 Å². The Labute approximate surface area is 203 Å². The van der Waals surface area contributed by atoms with Gasteiger partial charge in [-0.05, 0) is 22.2 Å². The Morgan fingerprint density at radius 3 is 2.03 bits per heavy atom. The van der Waals surface area contributed by atoms with E-state index in [4.69, 9.17) is 0 Å². The smallest absolute Gasteiger partial charge is 0.326 e. The first-order chi connectivity index (χ1) is 15.1. The third-order valence-corrected chi connectivity index (χ3v) is 8.77. The highest BCUT2D eigenvalue weighted by Gasteiger charge is 2.70. The van der Waals surface area contributed by atoms with Crippen molar-refractivity contribution in [2.24, 2.45) is 28.1 Å². The average Bonchev–Trinajstić information content (AvgIpc) is 2.99. The molecule has 1 aliphatic carbocycles. The minimum atomic E-state index is -3.44. The number of hydrogen-bond donors (Lipinski definition) is 3. The van der Waals surface area contributed by atoms with Crippen molar-refractivity contribution in [1.82, 2.24) is 19.8 Å². The van der Waals surface area contributed by atoms with Crippen LogP contribution in [0, 0.1) is 28.1 Å². The van der Waals surface area contributed by atoms with Crippen LogP contribution in [0.2, 0.25) is 0 Å². The van der Waals surface area contributed by atoms with Gasteiger partial charge in [-0.1, -0.05) is 55.4 Å². The molecule has 0 bridgehead atoms. The summed E-state index contributed by atoms with van der Waals surface area (Å²) in [7, 11) is -2.00. The zero-order valence-electron chi connectivity index (χ0n) is 22.1. The Hall–Kier alpha value is -1.88. The van der Waals surface area contributed by atoms with Gasteiger partial charge in [-0.15, -0.1) is 0 Å². The number of piperidine rings is 1. The summed E-state index contributed by atoms with van der Waals surface area (Å²) in [5, 5.41) is 15.4. The van der Waals surface area contributed by atoms with E-state index in [2.05, 4.69) is 10.6 Å². The normalized spacial score (nSPS) is 26.0. The molecule has 2 fully saturated rings. The van der Waals surface area contributed by atoms with Crippen LogP contribution in [0.15, 0.2) is 0 Å². The topological polar surface area (TPSA) is 136 Å². The van der Waals surface area contributed by atoms with Crippen molar-refractivity contribution >= 4 is 27.9 Å². The SMILES string of the molecule is CN(C[C@@H](NC(=O)N[C@H](C(=O)N1C[C@H]2[C@@H]([C@H]1C(=O)O)C2(C)C)C(C)(C)C)C(C)(C)C)S(C)(=O)=O. The maximum atomic E-state index is 13.5. The number of urea groups is 1. The fourth-order valence-electron chi connectivity index (χ4n) is 4.87. The molecule has 0 radical (unpaired) electrons. The van der Waals surface area contributed by atoms with Gasteiger partial charge in [0.25, 0.3) is 0 Å². The number of carboxylic acid groups (broad SMARTS) is 1. The Morgan fingerprint density at radius 1 is 1.09 bits per heavy atom. The number of likely N-dealkylation sites (tertiary alicyclic amines) is 1. The van der Waals surface area contributed by atoms with Crippen molar-refractivity contribution in [3.05, 3.63) is 0 Å². The number of nitrogens with one attached hydrogen (secondary N) is 2. The van der Waals surface area contributed by atoms with Gasteiger partial charge in [0.1, 0.15) is 12.1 Å². The molecule has 34 heavy (non-hydrogen) atoms. The molecule has 2 aliphatic rings. The molecule has 196 valence electrons. The van der Waals surface area contributed by atoms with E-state index in [1.807, 2.05) is 55.4 Å². The Kier molecular flexibility index (Phi) is 7.48. The van der Waals surface area contributed by atoms with E-state index in [0.717, 1.165) is 6.26 Å². The Bertz CT molecular complexity index is 934. The van der Waals surface area contributed by atoms with Crippen LogP contribution in [-0.4, -0.2) is 85.2 Å². The van der Waals surface area contributed by atoms with Gasteiger partial charge in [0, 0.05) is 32.1 Å². The van der Waals surface area contributed by atoms with E-state index in [1.54, 1.807) is 0 Å². The number of amides is 3. The monoisotopic (exact) mass is 502 g/mol. The molecule has 1 aliphatic heterocycles. The van der Waals surface area contributed by atoms with Gasteiger partial charge < -0.3 is 20.6 Å². The van der Waals surface area contributed by atoms with Crippen LogP contribution in [0.25, 0.3) is 0 Å². The van der Waals surface area contributed by atoms with Crippen LogP contribution in [0.5, 0.6) is 0 Å². The molecule has 0 aromatic rings. The van der Waals surface area contributed by atoms with E-state index in [1.165, 1.54) is 16.3 Å². The molecule has 0 aromatic carbocycles. The van der Waals surface area contributed by atoms with Crippen molar-refractivity contribution in [3.8, 4) is 0 Å². The van der Waals surface area contributed by atoms with Gasteiger partial charge in [0.05, 0.1) is 6.26 Å². The van der Waals surface area contributed by atoms with Crippen molar-refractivity contribution in [2.75, 3.05) is 26.4 Å². The highest BCUT2D eigenvalue weighted by Crippen LogP contribution is 2.65. The second kappa shape index (κ2) is 8.96. The van der Waals surface area contributed by atoms with Gasteiger partial charge in [-0.25, -0.2) is 22.3 Å². The fraction of sp³-hybridized carbons (Fsp3) is 0.870. The molecular formula is C23H42N4O6S. The highest BCUT2D eigenvalue weighted by molar-refractivity contribution is 7.88. The Balaban J connectivity index is 2.21. The number of carbonyl (C=O) groups is 3. The molecule has 3 N–H and O–H groups in total. The largest absolute Gasteiger partial charge is 0.480 e. The fourth-order valence-corrected chi connectivity index (χ4v) is 5.29. The number of nitrogens with zero attached hydrogens (tertiary/aromatic N) is 2. The first kappa shape index (κ1) is 28.4. The van der Waals surface area contributed by atoms with E-state index in [9.17, 15) is 27.9 Å². The maximum absolute atomic E-state index is 13.5. The summed E-state index contributed by atoms with van der Waals surface area (Å²) in [6, 6.07) is -3.00. The summed E-state index contributed by atoms with van der Waals surface area (Å²) in [5.41, 5.74) is -1.26. The summed E-state index contributed by atoms with van der Waals surface area (Å²) in [6.07, 6.45) is 1.10. The molecule has 10 nitrogen and oxygen atoms in total. The first-order valence-electron chi connectivity index (χ1n) is 11.6. The average molecular weight is 503 g/mol. The van der Waals surface area contributed by atoms with Crippen molar-refractivity contribution in [2.45, 2.75) is 73.5 Å². The molecule has 1 saturated heterocycles. The van der Waals surface area contributed by atoms with Gasteiger partial charge in [0.15, 0.2) is 0 Å². The minimum absolute atomic E-state index is 0.0650. The molecular weight excluding hydrogens is 460 g/mol. The van der Waals surface area contributed by atoms with Crippen LogP contribution < -0.4 is 10.6 Å². The summed E-state index contributed by atoms with van der Waals surface area (Å²) >= 11 is 0. The van der Waals surface area contributed by atoms with E-state index >= 15 is 0 Å². The maximum Gasteiger partial charge on any atom is 0.326 e. The van der Waals surface area contributed by atoms with Gasteiger partial charge in [-0.3, -0.25) is 4.79 Å². The zero-order chi connectivity index (χ0) is 26.6. The number of sulfonamides is 1. The van der Waals surface area contributed by atoms with Gasteiger partial charge >= 0.3 is 12.0 Å². The van der Waals surface area contributed by atoms with Crippen molar-refractivity contribution < 1.29 is 27.9 Å². The minimum Gasteiger partial charge on any atom is -0.480 e. The molecule has 2 rings (SSSR count). The Morgan fingerprint density at radius 2 is 1.62 bits per heavy atom. The molecule has 5 atom stereocenters. The molecule has 3 amide bonds. The summed E-state index contributed by atoms with van der Waals surface area (Å²) in [4.78, 5) is 40.0. The summed E-state index contributed by atoms with van der Waals surface area (Å²) < 4.78 is 24.9. The predicted octanol–water partition coefficient (Wildman–Crippen LogP) is 1.57. The molecule has 1 saturated carbocycles. The van der Waals surface area contributed by atoms with Crippen LogP contribution in [0.3, 0.4) is 0 Å². The number of fused-ring (bicyclic) bond motifs is 1. The van der Waals surface area contributed by atoms with Gasteiger partial charge in [-0.2, -0.15) is 0 Å². The third-order valence-electron chi connectivity index (χ3n) is 7.49. The lowest BCUT2D eigenvalue weighted by Crippen LogP contribution is -2.61. The number of rotatable bonds is 7. The standard InChI is InChI=1S/C23H42N4O6S/c1-21(2,3)14(12-26(9)34(10,32)33)24-20(31)25-17(22(4,5)6)18(28)27-11-13-15(23(13,7)8)16(27)19(29)30/h13-17H,11-12H2,1-10H3,(H,29,30)(H2,24,25,31)/t13-,14+,15-,16-,17+/m0/s1.